The van der Waals surface area contributed by atoms with Crippen LogP contribution in [0.2, 0.25) is 0 Å². The fourth-order valence-corrected chi connectivity index (χ4v) is 7.66. The topological polar surface area (TPSA) is 104 Å². The molecule has 2 N–H and O–H groups in total. The minimum Gasteiger partial charge on any atom is -0.507 e. The molecule has 6 atom stereocenters. The van der Waals surface area contributed by atoms with Crippen LogP contribution in [-0.4, -0.2) is 38.5 Å². The zero-order valence-electron chi connectivity index (χ0n) is 20.7. The van der Waals surface area contributed by atoms with Crippen molar-refractivity contribution in [2.75, 3.05) is 4.90 Å². The van der Waals surface area contributed by atoms with E-state index in [1.807, 2.05) is 0 Å². The van der Waals surface area contributed by atoms with Gasteiger partial charge in [0.15, 0.2) is 33.0 Å². The van der Waals surface area contributed by atoms with E-state index in [2.05, 4.69) is 5.32 Å². The number of phenols is 1. The summed E-state index contributed by atoms with van der Waals surface area (Å²) in [6.45, 7) is 1.52. The maximum absolute atomic E-state index is 14.9. The number of aryl methyl sites for hydroxylation is 1. The molecule has 0 bridgehead atoms. The molecule has 0 aromatic heterocycles. The van der Waals surface area contributed by atoms with Crippen LogP contribution < -0.4 is 10.2 Å². The number of carbonyl (C=O) groups excluding carboxylic acids is 4. The monoisotopic (exact) mass is 614 g/mol. The van der Waals surface area contributed by atoms with Gasteiger partial charge in [-0.2, -0.15) is 0 Å². The summed E-state index contributed by atoms with van der Waals surface area (Å²) in [5.41, 5.74) is -1.34. The van der Waals surface area contributed by atoms with Crippen LogP contribution in [0.3, 0.4) is 0 Å². The van der Waals surface area contributed by atoms with Crippen molar-refractivity contribution >= 4 is 52.5 Å². The van der Waals surface area contributed by atoms with Gasteiger partial charge in [-0.1, -0.05) is 29.8 Å². The van der Waals surface area contributed by atoms with Crippen LogP contribution in [0.1, 0.15) is 29.9 Å². The standard InChI is InChI=1S/C27H17Cl2F5N2O5/c1-8-3-2-4-11(21(8)37)14-9-5-6-10-13(23(39)35-22(10)38)12(9)7-26(28)24(40)36(25(41)27(14,26)29)20-18(33)16(31)15(30)17(32)19(20)34/h2-5,10,12-14,37H,6-7H2,1H3,(H,35,38,39)/t10-,12+,13-,14+,26+,27-/m0/s1. The summed E-state index contributed by atoms with van der Waals surface area (Å²) in [5.74, 6) is -21.5. The lowest BCUT2D eigenvalue weighted by Gasteiger charge is -2.50. The number of imide groups is 2. The Kier molecular flexibility index (Phi) is 5.90. The Morgan fingerprint density at radius 3 is 2.15 bits per heavy atom. The van der Waals surface area contributed by atoms with E-state index in [4.69, 9.17) is 23.2 Å². The number of aromatic hydroxyl groups is 1. The highest BCUT2D eigenvalue weighted by molar-refractivity contribution is 6.58. The second-order valence-corrected chi connectivity index (χ2v) is 11.8. The highest BCUT2D eigenvalue weighted by atomic mass is 35.5. The maximum atomic E-state index is 14.9. The van der Waals surface area contributed by atoms with Crippen molar-refractivity contribution in [2.45, 2.75) is 35.4 Å². The Hall–Kier alpha value is -3.51. The van der Waals surface area contributed by atoms with Gasteiger partial charge in [-0.25, -0.2) is 26.9 Å². The number of amides is 4. The van der Waals surface area contributed by atoms with Gasteiger partial charge in [0.25, 0.3) is 11.8 Å². The molecule has 4 amide bonds. The molecule has 0 spiro atoms. The maximum Gasteiger partial charge on any atom is 0.258 e. The summed E-state index contributed by atoms with van der Waals surface area (Å²) in [4.78, 5) is 47.7. The minimum atomic E-state index is -2.68. The normalized spacial score (nSPS) is 32.5. The molecular weight excluding hydrogens is 598 g/mol. The largest absolute Gasteiger partial charge is 0.507 e. The van der Waals surface area contributed by atoms with E-state index < -0.39 is 98.2 Å². The highest BCUT2D eigenvalue weighted by Gasteiger charge is 2.77. The summed E-state index contributed by atoms with van der Waals surface area (Å²) in [6, 6.07) is 4.37. The third-order valence-electron chi connectivity index (χ3n) is 8.64. The lowest BCUT2D eigenvalue weighted by atomic mass is 9.56. The van der Waals surface area contributed by atoms with E-state index >= 15 is 0 Å². The number of nitrogens with one attached hydrogen (secondary N) is 1. The molecule has 214 valence electrons. The summed E-state index contributed by atoms with van der Waals surface area (Å²) in [6.07, 6.45) is 0.948. The number of hydrogen-bond acceptors (Lipinski definition) is 5. The van der Waals surface area contributed by atoms with Gasteiger partial charge >= 0.3 is 0 Å². The molecule has 0 unspecified atom stereocenters. The molecule has 3 fully saturated rings. The second kappa shape index (κ2) is 8.75. The molecule has 4 aliphatic rings. The Morgan fingerprint density at radius 2 is 1.51 bits per heavy atom. The van der Waals surface area contributed by atoms with Crippen molar-refractivity contribution in [3.05, 3.63) is 70.1 Å². The molecule has 6 rings (SSSR count). The van der Waals surface area contributed by atoms with Crippen molar-refractivity contribution in [3.8, 4) is 5.75 Å². The number of alkyl halides is 2. The van der Waals surface area contributed by atoms with Gasteiger partial charge in [0, 0.05) is 11.5 Å². The number of halogens is 7. The third kappa shape index (κ3) is 3.25. The van der Waals surface area contributed by atoms with Crippen molar-refractivity contribution in [1.29, 1.82) is 0 Å². The highest BCUT2D eigenvalue weighted by Crippen LogP contribution is 2.66. The van der Waals surface area contributed by atoms with Gasteiger partial charge in [0.2, 0.25) is 17.6 Å². The van der Waals surface area contributed by atoms with Gasteiger partial charge in [-0.3, -0.25) is 24.5 Å². The fourth-order valence-electron chi connectivity index (χ4n) is 6.74. The summed E-state index contributed by atoms with van der Waals surface area (Å²) in [5, 5.41) is 13.3. The molecule has 7 nitrogen and oxygen atoms in total. The first-order chi connectivity index (χ1) is 19.2. The van der Waals surface area contributed by atoms with Gasteiger partial charge in [0.05, 0.1) is 11.8 Å². The molecule has 2 heterocycles. The molecule has 2 aromatic carbocycles. The van der Waals surface area contributed by atoms with Crippen molar-refractivity contribution < 1.29 is 46.2 Å². The molecule has 1 saturated carbocycles. The number of allylic oxidation sites excluding steroid dienone is 2. The summed E-state index contributed by atoms with van der Waals surface area (Å²) < 4.78 is 72.1. The number of carbonyl (C=O) groups is 4. The van der Waals surface area contributed by atoms with Crippen LogP contribution in [0.25, 0.3) is 0 Å². The average Bonchev–Trinajstić information content (AvgIpc) is 3.30. The smallest absolute Gasteiger partial charge is 0.258 e. The van der Waals surface area contributed by atoms with E-state index in [0.29, 0.717) is 5.56 Å². The Morgan fingerprint density at radius 1 is 0.902 bits per heavy atom. The fraction of sp³-hybridized carbons (Fsp3) is 0.333. The zero-order valence-corrected chi connectivity index (χ0v) is 22.2. The Balaban J connectivity index is 1.64. The van der Waals surface area contributed by atoms with Crippen molar-refractivity contribution in [3.63, 3.8) is 0 Å². The molecular formula is C27H17Cl2F5N2O5. The molecule has 2 aromatic rings. The number of hydrogen-bond donors (Lipinski definition) is 2. The van der Waals surface area contributed by atoms with E-state index in [1.165, 1.54) is 31.2 Å². The minimum absolute atomic E-state index is 0.0168. The van der Waals surface area contributed by atoms with E-state index in [1.54, 1.807) is 0 Å². The number of para-hydroxylation sites is 1. The van der Waals surface area contributed by atoms with Gasteiger partial charge in [0.1, 0.15) is 11.4 Å². The number of benzene rings is 2. The van der Waals surface area contributed by atoms with Crippen LogP contribution in [0, 0.1) is 53.8 Å². The molecule has 2 aliphatic heterocycles. The number of anilines is 1. The predicted octanol–water partition coefficient (Wildman–Crippen LogP) is 4.25. The summed E-state index contributed by atoms with van der Waals surface area (Å²) >= 11 is 13.9. The molecule has 14 heteroatoms. The second-order valence-electron chi connectivity index (χ2n) is 10.6. The number of fused-ring (bicyclic) bond motifs is 4. The number of rotatable bonds is 2. The molecule has 0 radical (unpaired) electrons. The average molecular weight is 615 g/mol. The first kappa shape index (κ1) is 27.6. The molecule has 41 heavy (non-hydrogen) atoms. The van der Waals surface area contributed by atoms with Crippen molar-refractivity contribution in [2.24, 2.45) is 17.8 Å². The summed E-state index contributed by atoms with van der Waals surface area (Å²) in [7, 11) is 0. The van der Waals surface area contributed by atoms with E-state index in [-0.39, 0.29) is 28.2 Å². The van der Waals surface area contributed by atoms with E-state index in [0.717, 1.165) is 0 Å². The van der Waals surface area contributed by atoms with Crippen LogP contribution in [0.4, 0.5) is 27.6 Å². The van der Waals surface area contributed by atoms with Gasteiger partial charge in [-0.15, -0.1) is 23.2 Å². The van der Waals surface area contributed by atoms with Crippen LogP contribution >= 0.6 is 23.2 Å². The molecule has 2 saturated heterocycles. The van der Waals surface area contributed by atoms with Gasteiger partial charge < -0.3 is 5.11 Å². The van der Waals surface area contributed by atoms with Crippen LogP contribution in [-0.2, 0) is 19.2 Å². The number of phenolic OH excluding ortho intramolecular Hbond substituents is 1. The third-order valence-corrected chi connectivity index (χ3v) is 10.1. The van der Waals surface area contributed by atoms with Crippen LogP contribution in [0.15, 0.2) is 29.8 Å². The Bertz CT molecular complexity index is 1640. The molecule has 2 aliphatic carbocycles. The van der Waals surface area contributed by atoms with Crippen LogP contribution in [0.5, 0.6) is 5.75 Å². The van der Waals surface area contributed by atoms with E-state index in [9.17, 15) is 46.2 Å². The Labute approximate surface area is 237 Å². The zero-order chi connectivity index (χ0) is 29.9. The lowest BCUT2D eigenvalue weighted by molar-refractivity contribution is -0.127. The number of nitrogens with zero attached hydrogens (tertiary/aromatic N) is 1. The van der Waals surface area contributed by atoms with Gasteiger partial charge in [-0.05, 0) is 31.2 Å². The SMILES string of the molecule is Cc1cccc([C@H]2C3=CC[C@@H]4C(=O)NC(=O)[C@@H]4[C@@H]3C[C@@]3(Cl)C(=O)N(c4c(F)c(F)c(F)c(F)c4F)C(=O)[C@@]23Cl)c1O. The van der Waals surface area contributed by atoms with Crippen molar-refractivity contribution in [1.82, 2.24) is 5.32 Å². The quantitative estimate of drug-likeness (QED) is 0.131. The first-order valence-electron chi connectivity index (χ1n) is 12.3. The predicted molar refractivity (Wildman–Crippen MR) is 132 cm³/mol. The lowest BCUT2D eigenvalue weighted by Crippen LogP contribution is -2.60. The first-order valence-corrected chi connectivity index (χ1v) is 13.0.